The first-order valence-electron chi connectivity index (χ1n) is 10.3. The number of aliphatic hydroxyl groups is 3. The Labute approximate surface area is 196 Å². The van der Waals surface area contributed by atoms with Crippen LogP contribution in [-0.4, -0.2) is 136 Å². The molecule has 0 unspecified atom stereocenters. The molecule has 0 saturated carbocycles. The van der Waals surface area contributed by atoms with Gasteiger partial charge in [-0.2, -0.15) is 5.01 Å². The summed E-state index contributed by atoms with van der Waals surface area (Å²) in [4.78, 5) is 22.0. The number of methoxy groups -OCH3 is 1. The molecule has 0 aromatic rings. The van der Waals surface area contributed by atoms with E-state index in [1.807, 2.05) is 0 Å². The number of hydrogen-bond acceptors (Lipinski definition) is 9. The predicted molar refractivity (Wildman–Crippen MR) is 119 cm³/mol. The lowest BCUT2D eigenvalue weighted by molar-refractivity contribution is -0.288. The summed E-state index contributed by atoms with van der Waals surface area (Å²) in [5.74, 6) is 0.0262. The highest BCUT2D eigenvalue weighted by molar-refractivity contribution is 8.11. The number of nitrogens with zero attached hydrogens (tertiary/aromatic N) is 5. The highest BCUT2D eigenvalue weighted by Crippen LogP contribution is 2.65. The standard InChI is InChI=1S/C10H18ClN3O7.C6H12N3PS/c1-20-9-8(17)7(16)6(15)5(21-9)4-12-10(18)14(13-19)3-2-11;11-10(7-1-2-7,8-3-4-8)9-5-6-9/h5-9,15-17H,2-4H2,1H3,(H,12,18);1-6H2/t5-,6-,7+,8-,9+;/m1./s1. The van der Waals surface area contributed by atoms with E-state index >= 15 is 0 Å². The average molecular weight is 517 g/mol. The molecule has 0 bridgehead atoms. The van der Waals surface area contributed by atoms with Crippen LogP contribution in [0.4, 0.5) is 4.79 Å². The van der Waals surface area contributed by atoms with Gasteiger partial charge in [-0.25, -0.2) is 18.8 Å². The van der Waals surface area contributed by atoms with Crippen molar-refractivity contribution in [2.75, 3.05) is 65.3 Å². The molecule has 4 aliphatic heterocycles. The van der Waals surface area contributed by atoms with Gasteiger partial charge in [-0.15, -0.1) is 16.5 Å². The van der Waals surface area contributed by atoms with E-state index < -0.39 is 43.2 Å². The Morgan fingerprint density at radius 1 is 1.16 bits per heavy atom. The van der Waals surface area contributed by atoms with E-state index in [2.05, 4.69) is 24.6 Å². The Morgan fingerprint density at radius 2 is 1.69 bits per heavy atom. The number of alkyl halides is 1. The second-order valence-electron chi connectivity index (χ2n) is 7.70. The van der Waals surface area contributed by atoms with Gasteiger partial charge in [-0.1, -0.05) is 0 Å². The Morgan fingerprint density at radius 3 is 2.09 bits per heavy atom. The summed E-state index contributed by atoms with van der Waals surface area (Å²) in [6, 6.07) is -0.823. The lowest BCUT2D eigenvalue weighted by Crippen LogP contribution is -2.60. The van der Waals surface area contributed by atoms with Crippen molar-refractivity contribution in [3.05, 3.63) is 4.91 Å². The number of carbonyl (C=O) groups is 1. The summed E-state index contributed by atoms with van der Waals surface area (Å²) in [5, 5.41) is 34.4. The molecule has 32 heavy (non-hydrogen) atoms. The molecule has 0 spiro atoms. The molecule has 4 aliphatic rings. The Kier molecular flexibility index (Phi) is 9.20. The maximum Gasteiger partial charge on any atom is 0.340 e. The largest absolute Gasteiger partial charge is 0.388 e. The van der Waals surface area contributed by atoms with Gasteiger partial charge in [0.05, 0.1) is 11.8 Å². The van der Waals surface area contributed by atoms with Crippen molar-refractivity contribution in [1.29, 1.82) is 0 Å². The van der Waals surface area contributed by atoms with Crippen LogP contribution in [0.3, 0.4) is 0 Å². The van der Waals surface area contributed by atoms with Gasteiger partial charge in [0, 0.05) is 58.8 Å². The van der Waals surface area contributed by atoms with Crippen molar-refractivity contribution in [2.24, 2.45) is 5.29 Å². The number of urea groups is 1. The molecule has 0 aromatic carbocycles. The molecular weight excluding hydrogens is 487 g/mol. The molecule has 5 atom stereocenters. The molecule has 4 heterocycles. The van der Waals surface area contributed by atoms with Gasteiger partial charge in [0.1, 0.15) is 30.9 Å². The number of hydrogen-bond donors (Lipinski definition) is 4. The van der Waals surface area contributed by atoms with Gasteiger partial charge in [-0.05, 0) is 11.8 Å². The fraction of sp³-hybridized carbons (Fsp3) is 0.938. The van der Waals surface area contributed by atoms with Gasteiger partial charge in [0.15, 0.2) is 6.29 Å². The molecule has 2 amide bonds. The number of nitrogens with one attached hydrogen (secondary N) is 1. The van der Waals surface area contributed by atoms with E-state index in [0.717, 1.165) is 0 Å². The van der Waals surface area contributed by atoms with Crippen molar-refractivity contribution in [3.63, 3.8) is 0 Å². The second-order valence-corrected chi connectivity index (χ2v) is 12.3. The molecule has 4 fully saturated rings. The maximum atomic E-state index is 11.6. The van der Waals surface area contributed by atoms with Gasteiger partial charge in [0.25, 0.3) is 0 Å². The number of halogens is 1. The summed E-state index contributed by atoms with van der Waals surface area (Å²) >= 11 is 11.2. The molecule has 184 valence electrons. The highest BCUT2D eigenvalue weighted by atomic mass is 35.5. The topological polar surface area (TPSA) is 150 Å². The molecule has 0 radical (unpaired) electrons. The first-order chi connectivity index (χ1) is 15.3. The number of ether oxygens (including phenoxy) is 2. The molecule has 0 aliphatic carbocycles. The highest BCUT2D eigenvalue weighted by Gasteiger charge is 2.50. The van der Waals surface area contributed by atoms with Crippen molar-refractivity contribution >= 4 is 35.9 Å². The van der Waals surface area contributed by atoms with Crippen LogP contribution in [0.2, 0.25) is 0 Å². The van der Waals surface area contributed by atoms with E-state index in [0.29, 0.717) is 5.01 Å². The van der Waals surface area contributed by atoms with Crippen molar-refractivity contribution < 1.29 is 29.6 Å². The third kappa shape index (κ3) is 6.13. The quantitative estimate of drug-likeness (QED) is 0.0934. The zero-order valence-corrected chi connectivity index (χ0v) is 20.2. The van der Waals surface area contributed by atoms with Crippen LogP contribution in [-0.2, 0) is 21.3 Å². The number of carbonyl (C=O) groups excluding carboxylic acids is 1. The SMILES string of the molecule is CO[C@H]1O[C@H](CNC(=O)N(CCCl)N=O)[C@@H](O)[C@H](O)[C@H]1O.S=P(N1CC1)(N1CC1)N1CC1. The molecule has 16 heteroatoms. The van der Waals surface area contributed by atoms with Gasteiger partial charge >= 0.3 is 6.03 Å². The van der Waals surface area contributed by atoms with Crippen molar-refractivity contribution in [1.82, 2.24) is 24.3 Å². The lowest BCUT2D eigenvalue weighted by atomic mass is 9.99. The summed E-state index contributed by atoms with van der Waals surface area (Å²) in [5.41, 5.74) is 0. The zero-order valence-electron chi connectivity index (χ0n) is 17.7. The summed E-state index contributed by atoms with van der Waals surface area (Å²) in [6.45, 7) is 5.96. The normalized spacial score (nSPS) is 32.5. The monoisotopic (exact) mass is 516 g/mol. The number of nitroso groups, excluding NO2 is 1. The van der Waals surface area contributed by atoms with Crippen LogP contribution in [0, 0.1) is 4.91 Å². The molecular formula is C16H30ClN6O7PS. The van der Waals surface area contributed by atoms with E-state index in [-0.39, 0.29) is 19.0 Å². The second kappa shape index (κ2) is 11.3. The minimum atomic E-state index is -1.49. The number of amides is 2. The fourth-order valence-electron chi connectivity index (χ4n) is 3.27. The maximum absolute atomic E-state index is 11.6. The summed E-state index contributed by atoms with van der Waals surface area (Å²) in [7, 11) is 1.26. The van der Waals surface area contributed by atoms with E-state index in [4.69, 9.17) is 32.9 Å². The van der Waals surface area contributed by atoms with Crippen LogP contribution < -0.4 is 5.32 Å². The Bertz CT molecular complexity index is 676. The third-order valence-corrected chi connectivity index (χ3v) is 11.0. The number of rotatable bonds is 9. The van der Waals surface area contributed by atoms with Crippen molar-refractivity contribution in [3.8, 4) is 0 Å². The van der Waals surface area contributed by atoms with Crippen LogP contribution >= 0.6 is 18.1 Å². The Balaban J connectivity index is 0.000000215. The number of aliphatic hydroxyl groups excluding tert-OH is 3. The Hall–Kier alpha value is -0.510. The zero-order chi connectivity index (χ0) is 23.5. The van der Waals surface area contributed by atoms with E-state index in [1.54, 1.807) is 0 Å². The molecule has 4 rings (SSSR count). The summed E-state index contributed by atoms with van der Waals surface area (Å²) in [6.07, 6.45) is -6.51. The van der Waals surface area contributed by atoms with E-state index in [1.165, 1.54) is 46.4 Å². The van der Waals surface area contributed by atoms with Gasteiger partial charge in [-0.3, -0.25) is 0 Å². The van der Waals surface area contributed by atoms with Crippen molar-refractivity contribution in [2.45, 2.75) is 30.7 Å². The molecule has 4 N–H and O–H groups in total. The minimum absolute atomic E-state index is 0.0262. The predicted octanol–water partition coefficient (Wildman–Crippen LogP) is -1.47. The first kappa shape index (κ1) is 26.1. The smallest absolute Gasteiger partial charge is 0.340 e. The molecule has 0 aromatic heterocycles. The molecule has 13 nitrogen and oxygen atoms in total. The molecule has 4 saturated heterocycles. The fourth-order valence-corrected chi connectivity index (χ4v) is 7.81. The summed E-state index contributed by atoms with van der Waals surface area (Å²) < 4.78 is 17.5. The van der Waals surface area contributed by atoms with Crippen LogP contribution in [0.1, 0.15) is 0 Å². The average Bonchev–Trinajstić information content (AvgIpc) is 3.64. The van der Waals surface area contributed by atoms with Gasteiger partial charge < -0.3 is 30.1 Å². The first-order valence-corrected chi connectivity index (χ1v) is 13.5. The van der Waals surface area contributed by atoms with Crippen LogP contribution in [0.5, 0.6) is 0 Å². The minimum Gasteiger partial charge on any atom is -0.388 e. The third-order valence-electron chi connectivity index (χ3n) is 5.36. The van der Waals surface area contributed by atoms with Gasteiger partial charge in [0.2, 0.25) is 0 Å². The van der Waals surface area contributed by atoms with Crippen LogP contribution in [0.15, 0.2) is 5.29 Å². The van der Waals surface area contributed by atoms with Crippen LogP contribution in [0.25, 0.3) is 0 Å². The van der Waals surface area contributed by atoms with E-state index in [9.17, 15) is 25.0 Å². The lowest BCUT2D eigenvalue weighted by Gasteiger charge is -2.39.